The first kappa shape index (κ1) is 26.2. The van der Waals surface area contributed by atoms with E-state index in [-0.39, 0.29) is 12.5 Å². The van der Waals surface area contributed by atoms with Gasteiger partial charge in [0.05, 0.1) is 11.9 Å². The van der Waals surface area contributed by atoms with E-state index in [2.05, 4.69) is 21.2 Å². The monoisotopic (exact) mass is 543 g/mol. The Kier molecular flexibility index (Phi) is 9.54. The minimum Gasteiger partial charge on any atom is -0.354 e. The van der Waals surface area contributed by atoms with Crippen LogP contribution in [0.4, 0.5) is 5.69 Å². The second-order valence-electron chi connectivity index (χ2n) is 7.36. The highest BCUT2D eigenvalue weighted by Crippen LogP contribution is 2.22. The lowest BCUT2D eigenvalue weighted by Gasteiger charge is -2.31. The number of sulfonamides is 1. The van der Waals surface area contributed by atoms with Gasteiger partial charge < -0.3 is 10.2 Å². The van der Waals surface area contributed by atoms with E-state index >= 15 is 0 Å². The summed E-state index contributed by atoms with van der Waals surface area (Å²) in [6.45, 7) is 3.76. The number of carbonyl (C=O) groups is 2. The molecule has 7 nitrogen and oxygen atoms in total. The number of anilines is 1. The summed E-state index contributed by atoms with van der Waals surface area (Å²) in [4.78, 5) is 27.4. The first-order chi connectivity index (χ1) is 15.0. The number of rotatable bonds is 10. The topological polar surface area (TPSA) is 86.8 Å². The van der Waals surface area contributed by atoms with Gasteiger partial charge in [0.15, 0.2) is 0 Å². The van der Waals surface area contributed by atoms with Crippen molar-refractivity contribution >= 4 is 55.1 Å². The number of benzene rings is 2. The molecule has 0 fully saturated rings. The Balaban J connectivity index is 2.35. The van der Waals surface area contributed by atoms with E-state index in [1.165, 1.54) is 17.0 Å². The van der Waals surface area contributed by atoms with Crippen LogP contribution in [0.2, 0.25) is 5.02 Å². The van der Waals surface area contributed by atoms with Gasteiger partial charge in [-0.25, -0.2) is 8.42 Å². The van der Waals surface area contributed by atoms with Crippen LogP contribution in [0.15, 0.2) is 53.0 Å². The molecule has 0 bridgehead atoms. The second kappa shape index (κ2) is 11.7. The largest absolute Gasteiger partial charge is 0.354 e. The van der Waals surface area contributed by atoms with Crippen LogP contribution in [-0.2, 0) is 26.2 Å². The van der Waals surface area contributed by atoms with E-state index in [4.69, 9.17) is 11.6 Å². The van der Waals surface area contributed by atoms with E-state index in [0.29, 0.717) is 17.3 Å². The first-order valence-electron chi connectivity index (χ1n) is 10.1. The highest BCUT2D eigenvalue weighted by Gasteiger charge is 2.30. The average molecular weight is 545 g/mol. The lowest BCUT2D eigenvalue weighted by Crippen LogP contribution is -2.51. The van der Waals surface area contributed by atoms with E-state index in [1.807, 2.05) is 31.2 Å². The fourth-order valence-corrected chi connectivity index (χ4v) is 4.45. The summed E-state index contributed by atoms with van der Waals surface area (Å²) < 4.78 is 26.8. The molecule has 2 aromatic carbocycles. The summed E-state index contributed by atoms with van der Waals surface area (Å²) in [5, 5.41) is 3.25. The van der Waals surface area contributed by atoms with Gasteiger partial charge in [0, 0.05) is 22.6 Å². The van der Waals surface area contributed by atoms with Crippen LogP contribution < -0.4 is 9.62 Å². The normalized spacial score (nSPS) is 12.2. The Morgan fingerprint density at radius 3 is 2.38 bits per heavy atom. The van der Waals surface area contributed by atoms with Gasteiger partial charge in [0.25, 0.3) is 0 Å². The molecule has 0 saturated carbocycles. The van der Waals surface area contributed by atoms with Crippen molar-refractivity contribution in [2.24, 2.45) is 0 Å². The molecule has 0 aliphatic rings. The predicted molar refractivity (Wildman–Crippen MR) is 131 cm³/mol. The van der Waals surface area contributed by atoms with Gasteiger partial charge >= 0.3 is 0 Å². The fraction of sp³-hybridized carbons (Fsp3) is 0.364. The lowest BCUT2D eigenvalue weighted by molar-refractivity contribution is -0.139. The van der Waals surface area contributed by atoms with E-state index < -0.39 is 28.5 Å². The van der Waals surface area contributed by atoms with Gasteiger partial charge in [-0.3, -0.25) is 13.9 Å². The van der Waals surface area contributed by atoms with Crippen LogP contribution in [0.5, 0.6) is 0 Å². The third kappa shape index (κ3) is 7.50. The van der Waals surface area contributed by atoms with Crippen LogP contribution in [-0.4, -0.2) is 50.5 Å². The van der Waals surface area contributed by atoms with Crippen LogP contribution in [0.25, 0.3) is 0 Å². The molecule has 0 aliphatic heterocycles. The fourth-order valence-electron chi connectivity index (χ4n) is 3.03. The highest BCUT2D eigenvalue weighted by atomic mass is 79.9. The van der Waals surface area contributed by atoms with E-state index in [1.54, 1.807) is 19.1 Å². The number of amides is 2. The predicted octanol–water partition coefficient (Wildman–Crippen LogP) is 3.81. The summed E-state index contributed by atoms with van der Waals surface area (Å²) in [6, 6.07) is 12.8. The minimum atomic E-state index is -3.76. The van der Waals surface area contributed by atoms with Gasteiger partial charge in [-0.1, -0.05) is 46.6 Å². The number of hydrogen-bond acceptors (Lipinski definition) is 4. The molecular formula is C22H27BrClN3O4S. The van der Waals surface area contributed by atoms with Gasteiger partial charge in [0.2, 0.25) is 21.8 Å². The van der Waals surface area contributed by atoms with Crippen molar-refractivity contribution in [3.8, 4) is 0 Å². The molecule has 174 valence electrons. The number of nitrogens with one attached hydrogen (secondary N) is 1. The molecule has 1 N–H and O–H groups in total. The van der Waals surface area contributed by atoms with Crippen molar-refractivity contribution in [2.75, 3.05) is 23.7 Å². The zero-order chi connectivity index (χ0) is 23.9. The highest BCUT2D eigenvalue weighted by molar-refractivity contribution is 9.10. The molecular weight excluding hydrogens is 518 g/mol. The van der Waals surface area contributed by atoms with Gasteiger partial charge in [-0.15, -0.1) is 0 Å². The zero-order valence-corrected chi connectivity index (χ0v) is 21.4. The Morgan fingerprint density at radius 1 is 1.16 bits per heavy atom. The smallest absolute Gasteiger partial charge is 0.244 e. The maximum Gasteiger partial charge on any atom is 0.244 e. The van der Waals surface area contributed by atoms with Crippen molar-refractivity contribution in [3.05, 3.63) is 63.6 Å². The molecule has 0 unspecified atom stereocenters. The average Bonchev–Trinajstić information content (AvgIpc) is 2.73. The standard InChI is InChI=1S/C22H27BrClN3O4S/c1-4-12-25-22(29)16(2)26(14-17-6-5-7-18(23)13-17)21(28)15-27(32(3,30)31)20-10-8-19(24)9-11-20/h5-11,13,16H,4,12,14-15H2,1-3H3,(H,25,29)/t16-/m1/s1. The number of carbonyl (C=O) groups excluding carboxylic acids is 2. The molecule has 2 aromatic rings. The van der Waals surface area contributed by atoms with Crippen LogP contribution in [0, 0.1) is 0 Å². The van der Waals surface area contributed by atoms with E-state index in [9.17, 15) is 18.0 Å². The van der Waals surface area contributed by atoms with Crippen molar-refractivity contribution in [1.82, 2.24) is 10.2 Å². The first-order valence-corrected chi connectivity index (χ1v) is 13.1. The van der Waals surface area contributed by atoms with E-state index in [0.717, 1.165) is 27.0 Å². The van der Waals surface area contributed by atoms with Crippen molar-refractivity contribution in [1.29, 1.82) is 0 Å². The molecule has 0 radical (unpaired) electrons. The van der Waals surface area contributed by atoms with Crippen LogP contribution in [0.3, 0.4) is 0 Å². The summed E-state index contributed by atoms with van der Waals surface area (Å²) >= 11 is 9.33. The molecule has 0 aliphatic carbocycles. The lowest BCUT2D eigenvalue weighted by atomic mass is 10.1. The molecule has 0 spiro atoms. The number of nitrogens with zero attached hydrogens (tertiary/aromatic N) is 2. The van der Waals surface area contributed by atoms with Crippen LogP contribution in [0.1, 0.15) is 25.8 Å². The Hall–Kier alpha value is -2.10. The molecule has 10 heteroatoms. The molecule has 32 heavy (non-hydrogen) atoms. The Labute approximate surface area is 202 Å². The Bertz CT molecular complexity index is 1050. The molecule has 0 heterocycles. The Morgan fingerprint density at radius 2 is 1.81 bits per heavy atom. The molecule has 2 rings (SSSR count). The third-order valence-corrected chi connectivity index (χ3v) is 6.64. The van der Waals surface area contributed by atoms with Crippen LogP contribution >= 0.6 is 27.5 Å². The summed E-state index contributed by atoms with van der Waals surface area (Å²) in [7, 11) is -3.76. The zero-order valence-electron chi connectivity index (χ0n) is 18.2. The third-order valence-electron chi connectivity index (χ3n) is 4.75. The van der Waals surface area contributed by atoms with Crippen molar-refractivity contribution in [2.45, 2.75) is 32.9 Å². The number of halogens is 2. The SMILES string of the molecule is CCCNC(=O)[C@@H](C)N(Cc1cccc(Br)c1)C(=O)CN(c1ccc(Cl)cc1)S(C)(=O)=O. The molecule has 1 atom stereocenters. The summed E-state index contributed by atoms with van der Waals surface area (Å²) in [5.41, 5.74) is 1.12. The quantitative estimate of drug-likeness (QED) is 0.493. The van der Waals surface area contributed by atoms with Crippen molar-refractivity contribution in [3.63, 3.8) is 0 Å². The maximum absolute atomic E-state index is 13.4. The molecule has 2 amide bonds. The molecule has 0 aromatic heterocycles. The van der Waals surface area contributed by atoms with Gasteiger partial charge in [0.1, 0.15) is 12.6 Å². The second-order valence-corrected chi connectivity index (χ2v) is 10.6. The van der Waals surface area contributed by atoms with Crippen molar-refractivity contribution < 1.29 is 18.0 Å². The van der Waals surface area contributed by atoms with Gasteiger partial charge in [-0.2, -0.15) is 0 Å². The summed E-state index contributed by atoms with van der Waals surface area (Å²) in [6.07, 6.45) is 1.79. The maximum atomic E-state index is 13.4. The summed E-state index contributed by atoms with van der Waals surface area (Å²) in [5.74, 6) is -0.794. The minimum absolute atomic E-state index is 0.150. The van der Waals surface area contributed by atoms with Gasteiger partial charge in [-0.05, 0) is 55.3 Å². The number of hydrogen-bond donors (Lipinski definition) is 1. The molecule has 0 saturated heterocycles.